The molecule has 2 fully saturated rings. The van der Waals surface area contributed by atoms with Crippen molar-refractivity contribution in [2.75, 3.05) is 31.2 Å². The van der Waals surface area contributed by atoms with Crippen LogP contribution in [0.15, 0.2) is 28.3 Å². The van der Waals surface area contributed by atoms with E-state index >= 15 is 0 Å². The van der Waals surface area contributed by atoms with Gasteiger partial charge in [-0.25, -0.2) is 12.8 Å². The molecule has 0 spiro atoms. The van der Waals surface area contributed by atoms with E-state index in [9.17, 15) is 17.6 Å². The molecule has 2 aliphatic heterocycles. The fourth-order valence-electron chi connectivity index (χ4n) is 3.70. The van der Waals surface area contributed by atoms with Crippen LogP contribution in [0.3, 0.4) is 0 Å². The Hall–Kier alpha value is -2.56. The van der Waals surface area contributed by atoms with Crippen molar-refractivity contribution >= 4 is 27.4 Å². The number of sulfone groups is 1. The van der Waals surface area contributed by atoms with Crippen molar-refractivity contribution in [1.29, 1.82) is 0 Å². The van der Waals surface area contributed by atoms with Crippen molar-refractivity contribution < 1.29 is 22.8 Å². The van der Waals surface area contributed by atoms with Crippen LogP contribution in [0.2, 0.25) is 0 Å². The highest BCUT2D eigenvalue weighted by molar-refractivity contribution is 7.90. The van der Waals surface area contributed by atoms with Gasteiger partial charge in [-0.2, -0.15) is 0 Å². The van der Waals surface area contributed by atoms with Crippen molar-refractivity contribution in [3.8, 4) is 0 Å². The quantitative estimate of drug-likeness (QED) is 0.282. The third-order valence-electron chi connectivity index (χ3n) is 5.27. The van der Waals surface area contributed by atoms with Crippen LogP contribution in [0, 0.1) is 5.82 Å². The van der Waals surface area contributed by atoms with Crippen LogP contribution in [-0.4, -0.2) is 73.3 Å². The molecule has 1 aromatic carbocycles. The Labute approximate surface area is 162 Å². The SMILES string of the molecule is CS(=O)(=O)c1ccc(NC2CCN(C3CCN(C(N)=NO)CC3)C2=O)c(F)c1. The largest absolute Gasteiger partial charge is 0.408 e. The van der Waals surface area contributed by atoms with Gasteiger partial charge in [0.05, 0.1) is 10.6 Å². The molecule has 2 heterocycles. The lowest BCUT2D eigenvalue weighted by Crippen LogP contribution is -2.50. The van der Waals surface area contributed by atoms with E-state index in [1.807, 2.05) is 0 Å². The van der Waals surface area contributed by atoms with Crippen molar-refractivity contribution in [1.82, 2.24) is 9.80 Å². The van der Waals surface area contributed by atoms with Gasteiger partial charge >= 0.3 is 0 Å². The van der Waals surface area contributed by atoms with Crippen LogP contribution >= 0.6 is 0 Å². The van der Waals surface area contributed by atoms with Crippen LogP contribution < -0.4 is 11.1 Å². The molecule has 0 radical (unpaired) electrons. The molecule has 0 bridgehead atoms. The zero-order chi connectivity index (χ0) is 20.5. The van der Waals surface area contributed by atoms with E-state index in [0.717, 1.165) is 12.3 Å². The summed E-state index contributed by atoms with van der Waals surface area (Å²) in [6.45, 7) is 1.74. The first-order valence-electron chi connectivity index (χ1n) is 9.00. The first-order chi connectivity index (χ1) is 13.2. The summed E-state index contributed by atoms with van der Waals surface area (Å²) < 4.78 is 37.3. The lowest BCUT2D eigenvalue weighted by molar-refractivity contribution is -0.131. The second kappa shape index (κ2) is 7.82. The summed E-state index contributed by atoms with van der Waals surface area (Å²) in [5, 5.41) is 14.6. The third-order valence-corrected chi connectivity index (χ3v) is 6.38. The maximum absolute atomic E-state index is 14.3. The van der Waals surface area contributed by atoms with Crippen molar-refractivity contribution in [2.45, 2.75) is 36.2 Å². The fraction of sp³-hybridized carbons (Fsp3) is 0.529. The Bertz CT molecular complexity index is 884. The first-order valence-corrected chi connectivity index (χ1v) is 10.9. The van der Waals surface area contributed by atoms with E-state index in [-0.39, 0.29) is 28.5 Å². The number of piperidine rings is 1. The topological polar surface area (TPSA) is 128 Å². The molecule has 0 saturated carbocycles. The Morgan fingerprint density at radius 2 is 1.96 bits per heavy atom. The second-order valence-corrected chi connectivity index (χ2v) is 9.12. The number of oxime groups is 1. The van der Waals surface area contributed by atoms with Gasteiger partial charge in [0.25, 0.3) is 0 Å². The summed E-state index contributed by atoms with van der Waals surface area (Å²) in [6, 6.07) is 3.12. The van der Waals surface area contributed by atoms with Gasteiger partial charge in [0.2, 0.25) is 11.9 Å². The van der Waals surface area contributed by atoms with E-state index in [1.54, 1.807) is 9.80 Å². The number of halogens is 1. The molecule has 0 aromatic heterocycles. The van der Waals surface area contributed by atoms with Crippen LogP contribution in [0.5, 0.6) is 0 Å². The van der Waals surface area contributed by atoms with Gasteiger partial charge in [-0.05, 0) is 37.5 Å². The Morgan fingerprint density at radius 1 is 1.29 bits per heavy atom. The average molecular weight is 413 g/mol. The molecule has 4 N–H and O–H groups in total. The predicted octanol–water partition coefficient (Wildman–Crippen LogP) is 0.410. The van der Waals surface area contributed by atoms with Crippen molar-refractivity contribution in [2.24, 2.45) is 10.9 Å². The summed E-state index contributed by atoms with van der Waals surface area (Å²) in [4.78, 5) is 16.2. The molecule has 1 aromatic rings. The van der Waals surface area contributed by atoms with Gasteiger partial charge in [0, 0.05) is 31.9 Å². The number of nitrogens with zero attached hydrogens (tertiary/aromatic N) is 3. The lowest BCUT2D eigenvalue weighted by atomic mass is 10.0. The number of benzene rings is 1. The van der Waals surface area contributed by atoms with Gasteiger partial charge in [-0.15, -0.1) is 0 Å². The number of amides is 1. The molecule has 1 atom stereocenters. The number of rotatable bonds is 4. The maximum Gasteiger partial charge on any atom is 0.245 e. The Balaban J connectivity index is 1.62. The van der Waals surface area contributed by atoms with Crippen molar-refractivity contribution in [3.05, 3.63) is 24.0 Å². The molecule has 3 rings (SSSR count). The molecule has 2 saturated heterocycles. The highest BCUT2D eigenvalue weighted by atomic mass is 32.2. The minimum atomic E-state index is -3.50. The molecule has 1 unspecified atom stereocenters. The van der Waals surface area contributed by atoms with Gasteiger partial charge in [-0.1, -0.05) is 5.16 Å². The van der Waals surface area contributed by atoms with Gasteiger partial charge in [-0.3, -0.25) is 4.79 Å². The number of anilines is 1. The minimum absolute atomic E-state index is 0.0551. The number of nitrogens with one attached hydrogen (secondary N) is 1. The number of guanidine groups is 1. The summed E-state index contributed by atoms with van der Waals surface area (Å²) in [5.74, 6) is -0.742. The van der Waals surface area contributed by atoms with Gasteiger partial charge < -0.3 is 26.1 Å². The minimum Gasteiger partial charge on any atom is -0.408 e. The molecule has 2 aliphatic rings. The summed E-state index contributed by atoms with van der Waals surface area (Å²) in [7, 11) is -3.50. The van der Waals surface area contributed by atoms with Crippen LogP contribution in [0.25, 0.3) is 0 Å². The molecule has 154 valence electrons. The smallest absolute Gasteiger partial charge is 0.245 e. The molecule has 9 nitrogen and oxygen atoms in total. The summed E-state index contributed by atoms with van der Waals surface area (Å²) in [6.07, 6.45) is 2.95. The number of likely N-dealkylation sites (tertiary alicyclic amines) is 2. The van der Waals surface area contributed by atoms with Crippen molar-refractivity contribution in [3.63, 3.8) is 0 Å². The fourth-order valence-corrected chi connectivity index (χ4v) is 4.33. The van der Waals surface area contributed by atoms with Crippen LogP contribution in [0.1, 0.15) is 19.3 Å². The standard InChI is InChI=1S/C17H24FN5O4S/c1-28(26,27)12-2-3-14(13(18)10-12)20-15-6-9-23(16(15)24)11-4-7-22(8-5-11)17(19)21-25/h2-3,10-11,15,20,25H,4-9H2,1H3,(H2,19,21). The number of hydrogen-bond acceptors (Lipinski definition) is 6. The molecular weight excluding hydrogens is 389 g/mol. The average Bonchev–Trinajstić information content (AvgIpc) is 3.02. The van der Waals surface area contributed by atoms with E-state index in [2.05, 4.69) is 10.5 Å². The molecular formula is C17H24FN5O4S. The molecule has 11 heteroatoms. The highest BCUT2D eigenvalue weighted by Gasteiger charge is 2.37. The molecule has 0 aliphatic carbocycles. The number of hydrogen-bond donors (Lipinski definition) is 3. The monoisotopic (exact) mass is 413 g/mol. The Morgan fingerprint density at radius 3 is 2.54 bits per heavy atom. The zero-order valence-electron chi connectivity index (χ0n) is 15.5. The zero-order valence-corrected chi connectivity index (χ0v) is 16.3. The predicted molar refractivity (Wildman–Crippen MR) is 101 cm³/mol. The Kier molecular flexibility index (Phi) is 5.64. The highest BCUT2D eigenvalue weighted by Crippen LogP contribution is 2.26. The van der Waals surface area contributed by atoms with E-state index in [1.165, 1.54) is 12.1 Å². The van der Waals surface area contributed by atoms with Crippen LogP contribution in [-0.2, 0) is 14.6 Å². The molecule has 1 amide bonds. The number of nitrogens with two attached hydrogens (primary N) is 1. The van der Waals surface area contributed by atoms with Gasteiger partial charge in [0.15, 0.2) is 9.84 Å². The van der Waals surface area contributed by atoms with Gasteiger partial charge in [0.1, 0.15) is 11.9 Å². The van der Waals surface area contributed by atoms with E-state index in [4.69, 9.17) is 10.9 Å². The van der Waals surface area contributed by atoms with E-state index in [0.29, 0.717) is 38.9 Å². The second-order valence-electron chi connectivity index (χ2n) is 7.11. The maximum atomic E-state index is 14.3. The first kappa shape index (κ1) is 20.2. The molecule has 28 heavy (non-hydrogen) atoms. The summed E-state index contributed by atoms with van der Waals surface area (Å²) >= 11 is 0. The van der Waals surface area contributed by atoms with Crippen LogP contribution in [0.4, 0.5) is 10.1 Å². The number of carbonyl (C=O) groups is 1. The lowest BCUT2D eigenvalue weighted by Gasteiger charge is -2.36. The van der Waals surface area contributed by atoms with E-state index < -0.39 is 21.7 Å². The summed E-state index contributed by atoms with van der Waals surface area (Å²) in [5.41, 5.74) is 5.70. The number of carbonyl (C=O) groups excluding carboxylic acids is 1. The third kappa shape index (κ3) is 4.13. The normalized spacial score (nSPS) is 22.0.